The summed E-state index contributed by atoms with van der Waals surface area (Å²) in [5.74, 6) is -1.68. The summed E-state index contributed by atoms with van der Waals surface area (Å²) in [6.45, 7) is 2.43. The van der Waals surface area contributed by atoms with E-state index in [9.17, 15) is 8.78 Å². The van der Waals surface area contributed by atoms with Crippen molar-refractivity contribution in [2.75, 3.05) is 6.61 Å². The molecule has 0 aliphatic carbocycles. The lowest BCUT2D eigenvalue weighted by molar-refractivity contribution is 0.276. The molecule has 0 aliphatic rings. The van der Waals surface area contributed by atoms with Crippen molar-refractivity contribution in [1.82, 2.24) is 4.98 Å². The molecule has 0 radical (unpaired) electrons. The second-order valence-electron chi connectivity index (χ2n) is 4.86. The zero-order valence-electron chi connectivity index (χ0n) is 12.1. The van der Waals surface area contributed by atoms with Gasteiger partial charge in [0.2, 0.25) is 0 Å². The monoisotopic (exact) mass is 291 g/mol. The lowest BCUT2D eigenvalue weighted by atomic mass is 10.1. The molecule has 0 aliphatic heterocycles. The van der Waals surface area contributed by atoms with Crippen molar-refractivity contribution in [3.8, 4) is 17.0 Å². The first kappa shape index (κ1) is 15.4. The number of halogens is 2. The number of hydrogen-bond donors (Lipinski definition) is 0. The van der Waals surface area contributed by atoms with Gasteiger partial charge >= 0.3 is 0 Å². The molecule has 2 rings (SSSR count). The second kappa shape index (κ2) is 7.72. The third-order valence-corrected chi connectivity index (χ3v) is 3.23. The van der Waals surface area contributed by atoms with Crippen LogP contribution in [0.5, 0.6) is 5.75 Å². The van der Waals surface area contributed by atoms with Gasteiger partial charge < -0.3 is 4.74 Å². The van der Waals surface area contributed by atoms with Gasteiger partial charge in [0.1, 0.15) is 0 Å². The van der Waals surface area contributed by atoms with Crippen LogP contribution in [0.2, 0.25) is 0 Å². The molecule has 0 amide bonds. The van der Waals surface area contributed by atoms with Crippen LogP contribution in [0, 0.1) is 11.6 Å². The van der Waals surface area contributed by atoms with Crippen molar-refractivity contribution in [3.05, 3.63) is 48.2 Å². The molecule has 0 bridgehead atoms. The van der Waals surface area contributed by atoms with Crippen molar-refractivity contribution in [2.45, 2.75) is 32.6 Å². The summed E-state index contributed by atoms with van der Waals surface area (Å²) >= 11 is 0. The Bertz CT molecular complexity index is 573. The molecule has 0 spiro atoms. The average Bonchev–Trinajstić information content (AvgIpc) is 2.51. The molecule has 2 aromatic rings. The molecule has 4 heteroatoms. The molecule has 0 saturated heterocycles. The number of pyridine rings is 1. The van der Waals surface area contributed by atoms with Crippen molar-refractivity contribution in [3.63, 3.8) is 0 Å². The maximum absolute atomic E-state index is 14.4. The molecule has 2 nitrogen and oxygen atoms in total. The normalized spacial score (nSPS) is 10.6. The second-order valence-corrected chi connectivity index (χ2v) is 4.86. The standard InChI is InChI=1S/C17H19F2NO/c1-2-3-4-7-12-21-17-14(18)10-9-13(16(17)19)15-8-5-6-11-20-15/h5-6,8-11H,2-4,7,12H2,1H3. The van der Waals surface area contributed by atoms with Crippen LogP contribution >= 0.6 is 0 Å². The summed E-state index contributed by atoms with van der Waals surface area (Å²) in [5.41, 5.74) is 0.714. The number of unbranched alkanes of at least 4 members (excludes halogenated alkanes) is 3. The fourth-order valence-corrected chi connectivity index (χ4v) is 2.09. The fraction of sp³-hybridized carbons (Fsp3) is 0.353. The van der Waals surface area contributed by atoms with Crippen LogP contribution in [0.3, 0.4) is 0 Å². The van der Waals surface area contributed by atoms with E-state index in [1.807, 2.05) is 0 Å². The molecule has 112 valence electrons. The highest BCUT2D eigenvalue weighted by Crippen LogP contribution is 2.30. The van der Waals surface area contributed by atoms with Crippen molar-refractivity contribution < 1.29 is 13.5 Å². The van der Waals surface area contributed by atoms with Gasteiger partial charge in [-0.05, 0) is 30.7 Å². The zero-order chi connectivity index (χ0) is 15.1. The van der Waals surface area contributed by atoms with Crippen molar-refractivity contribution in [1.29, 1.82) is 0 Å². The number of ether oxygens (including phenoxy) is 1. The molecule has 21 heavy (non-hydrogen) atoms. The highest BCUT2D eigenvalue weighted by Gasteiger charge is 2.16. The molecule has 0 N–H and O–H groups in total. The SMILES string of the molecule is CCCCCCOc1c(F)ccc(-c2ccccn2)c1F. The highest BCUT2D eigenvalue weighted by molar-refractivity contribution is 5.62. The largest absolute Gasteiger partial charge is 0.488 e. The lowest BCUT2D eigenvalue weighted by Crippen LogP contribution is -2.03. The maximum atomic E-state index is 14.4. The van der Waals surface area contributed by atoms with Gasteiger partial charge in [-0.25, -0.2) is 8.78 Å². The fourth-order valence-electron chi connectivity index (χ4n) is 2.09. The zero-order valence-corrected chi connectivity index (χ0v) is 12.1. The van der Waals surface area contributed by atoms with Crippen molar-refractivity contribution in [2.24, 2.45) is 0 Å². The minimum atomic E-state index is -0.691. The molecular weight excluding hydrogens is 272 g/mol. The van der Waals surface area contributed by atoms with Gasteiger partial charge in [0.25, 0.3) is 0 Å². The third-order valence-electron chi connectivity index (χ3n) is 3.23. The van der Waals surface area contributed by atoms with E-state index in [0.29, 0.717) is 12.3 Å². The van der Waals surface area contributed by atoms with E-state index < -0.39 is 11.6 Å². The van der Waals surface area contributed by atoms with Crippen LogP contribution in [0.15, 0.2) is 36.5 Å². The van der Waals surface area contributed by atoms with Crippen LogP contribution < -0.4 is 4.74 Å². The number of hydrogen-bond acceptors (Lipinski definition) is 2. The summed E-state index contributed by atoms with van der Waals surface area (Å²) < 4.78 is 33.4. The van der Waals surface area contributed by atoms with Gasteiger partial charge in [-0.3, -0.25) is 4.98 Å². The number of nitrogens with zero attached hydrogens (tertiary/aromatic N) is 1. The van der Waals surface area contributed by atoms with E-state index in [2.05, 4.69) is 11.9 Å². The summed E-state index contributed by atoms with van der Waals surface area (Å²) in [6.07, 6.45) is 5.57. The first-order valence-corrected chi connectivity index (χ1v) is 7.26. The van der Waals surface area contributed by atoms with E-state index in [-0.39, 0.29) is 11.3 Å². The number of benzene rings is 1. The Balaban J connectivity index is 2.14. The van der Waals surface area contributed by atoms with Crippen LogP contribution in [0.4, 0.5) is 8.78 Å². The third kappa shape index (κ3) is 4.00. The quantitative estimate of drug-likeness (QED) is 0.671. The maximum Gasteiger partial charge on any atom is 0.191 e. The Morgan fingerprint density at radius 3 is 2.62 bits per heavy atom. The van der Waals surface area contributed by atoms with Gasteiger partial charge in [-0.1, -0.05) is 32.3 Å². The molecule has 1 heterocycles. The molecule has 0 fully saturated rings. The van der Waals surface area contributed by atoms with Crippen molar-refractivity contribution >= 4 is 0 Å². The Morgan fingerprint density at radius 2 is 1.90 bits per heavy atom. The lowest BCUT2D eigenvalue weighted by Gasteiger charge is -2.11. The summed E-state index contributed by atoms with van der Waals surface area (Å²) in [4.78, 5) is 4.08. The topological polar surface area (TPSA) is 22.1 Å². The summed E-state index contributed by atoms with van der Waals surface area (Å²) in [7, 11) is 0. The molecule has 0 saturated carbocycles. The minimum Gasteiger partial charge on any atom is -0.488 e. The van der Waals surface area contributed by atoms with Gasteiger partial charge in [0.05, 0.1) is 12.3 Å². The van der Waals surface area contributed by atoms with Gasteiger partial charge in [-0.15, -0.1) is 0 Å². The first-order chi connectivity index (χ1) is 10.2. The van der Waals surface area contributed by atoms with E-state index in [4.69, 9.17) is 4.74 Å². The highest BCUT2D eigenvalue weighted by atomic mass is 19.1. The van der Waals surface area contributed by atoms with Crippen LogP contribution in [-0.4, -0.2) is 11.6 Å². The number of rotatable bonds is 7. The molecule has 1 aromatic carbocycles. The number of aromatic nitrogens is 1. The average molecular weight is 291 g/mol. The molecule has 0 unspecified atom stereocenters. The summed E-state index contributed by atoms with van der Waals surface area (Å²) in [5, 5.41) is 0. The molecular formula is C17H19F2NO. The smallest absolute Gasteiger partial charge is 0.191 e. The van der Waals surface area contributed by atoms with Crippen LogP contribution in [0.1, 0.15) is 32.6 Å². The Kier molecular flexibility index (Phi) is 5.67. The van der Waals surface area contributed by atoms with Gasteiger partial charge in [0, 0.05) is 11.8 Å². The van der Waals surface area contributed by atoms with E-state index in [1.54, 1.807) is 24.4 Å². The first-order valence-electron chi connectivity index (χ1n) is 7.26. The predicted octanol–water partition coefficient (Wildman–Crippen LogP) is 4.99. The minimum absolute atomic E-state index is 0.251. The summed E-state index contributed by atoms with van der Waals surface area (Å²) in [6, 6.07) is 7.79. The molecule has 1 aromatic heterocycles. The molecule has 0 atom stereocenters. The van der Waals surface area contributed by atoms with Gasteiger partial charge in [-0.2, -0.15) is 0 Å². The van der Waals surface area contributed by atoms with Crippen LogP contribution in [0.25, 0.3) is 11.3 Å². The Labute approximate surface area is 123 Å². The predicted molar refractivity (Wildman–Crippen MR) is 79.2 cm³/mol. The van der Waals surface area contributed by atoms with E-state index >= 15 is 0 Å². The Morgan fingerprint density at radius 1 is 1.05 bits per heavy atom. The Hall–Kier alpha value is -1.97. The van der Waals surface area contributed by atoms with E-state index in [0.717, 1.165) is 25.7 Å². The van der Waals surface area contributed by atoms with Gasteiger partial charge in [0.15, 0.2) is 17.4 Å². The van der Waals surface area contributed by atoms with Crippen LogP contribution in [-0.2, 0) is 0 Å². The van der Waals surface area contributed by atoms with E-state index in [1.165, 1.54) is 12.1 Å².